The van der Waals surface area contributed by atoms with Crippen LogP contribution >= 0.6 is 0 Å². The standard InChI is InChI=1S/C86H59BN4/c1-86(2,3)60-50-81-85-82(51-60)89(62-28-8-5-9-29-62)80-53-64(91-76-45-39-59(68-35-19-25-55-21-11-15-31-66(55)68)49-72(76)84-70-33-17-13-23-57(70)37-47-78(84)91)41-43-74(80)87(85)73-42-40-63(52-79(73)88(81)61-26-6-4-7-27-61)90-75-44-38-58(67-34-18-24-54-20-10-14-30-65(54)67)48-71(75)83-69-32-16-12-22-56(69)36-46-77(83)90/h4-53H,1-3H3. The Morgan fingerprint density at radius 2 is 0.659 bits per heavy atom. The molecule has 0 radical (unpaired) electrons. The van der Waals surface area contributed by atoms with Crippen LogP contribution in [0, 0.1) is 0 Å². The van der Waals surface area contributed by atoms with Crippen molar-refractivity contribution >= 4 is 144 Å². The maximum absolute atomic E-state index is 2.57. The van der Waals surface area contributed by atoms with Gasteiger partial charge < -0.3 is 18.9 Å². The Labute approximate surface area is 528 Å². The molecule has 0 aliphatic carbocycles. The zero-order valence-electron chi connectivity index (χ0n) is 50.7. The predicted octanol–water partition coefficient (Wildman–Crippen LogP) is 21.2. The van der Waals surface area contributed by atoms with Crippen LogP contribution in [0.15, 0.2) is 303 Å². The highest BCUT2D eigenvalue weighted by Crippen LogP contribution is 2.49. The average Bonchev–Trinajstić information content (AvgIpc) is 1.26. The summed E-state index contributed by atoms with van der Waals surface area (Å²) < 4.78 is 5.05. The van der Waals surface area contributed by atoms with Crippen molar-refractivity contribution in [2.24, 2.45) is 0 Å². The van der Waals surface area contributed by atoms with Crippen molar-refractivity contribution in [1.82, 2.24) is 9.13 Å². The topological polar surface area (TPSA) is 16.3 Å². The summed E-state index contributed by atoms with van der Waals surface area (Å²) in [5, 5.41) is 14.9. The molecule has 2 aliphatic rings. The van der Waals surface area contributed by atoms with Crippen LogP contribution in [0.25, 0.3) is 120 Å². The molecule has 0 fully saturated rings. The van der Waals surface area contributed by atoms with Gasteiger partial charge in [-0.15, -0.1) is 0 Å². The first-order chi connectivity index (χ1) is 44.8. The van der Waals surface area contributed by atoms with Gasteiger partial charge in [-0.05, 0) is 190 Å². The van der Waals surface area contributed by atoms with Crippen LogP contribution in [0.1, 0.15) is 26.3 Å². The van der Waals surface area contributed by atoms with E-state index in [2.05, 4.69) is 343 Å². The molecule has 0 saturated carbocycles. The predicted molar refractivity (Wildman–Crippen MR) is 389 cm³/mol. The fourth-order valence-corrected chi connectivity index (χ4v) is 15.8. The van der Waals surface area contributed by atoms with Gasteiger partial charge in [0.15, 0.2) is 0 Å². The molecule has 91 heavy (non-hydrogen) atoms. The number of hydrogen-bond donors (Lipinski definition) is 0. The molecule has 0 N–H and O–H groups in total. The van der Waals surface area contributed by atoms with Gasteiger partial charge in [-0.2, -0.15) is 0 Å². The molecule has 19 rings (SSSR count). The molecule has 426 valence electrons. The third-order valence-electron chi connectivity index (χ3n) is 20.0. The molecule has 4 nitrogen and oxygen atoms in total. The lowest BCUT2D eigenvalue weighted by molar-refractivity contribution is 0.590. The lowest BCUT2D eigenvalue weighted by atomic mass is 9.33. The summed E-state index contributed by atoms with van der Waals surface area (Å²) in [6.45, 7) is 6.97. The van der Waals surface area contributed by atoms with Crippen molar-refractivity contribution in [3.63, 3.8) is 0 Å². The molecule has 0 bridgehead atoms. The average molecular weight is 1160 g/mol. The number of anilines is 6. The second-order valence-corrected chi connectivity index (χ2v) is 26.0. The largest absolute Gasteiger partial charge is 0.311 e. The van der Waals surface area contributed by atoms with E-state index in [0.717, 1.165) is 22.7 Å². The normalized spacial score (nSPS) is 12.9. The highest BCUT2D eigenvalue weighted by molar-refractivity contribution is 7.00. The quantitative estimate of drug-likeness (QED) is 0.154. The van der Waals surface area contributed by atoms with E-state index in [0.29, 0.717) is 0 Å². The maximum atomic E-state index is 2.57. The van der Waals surface area contributed by atoms with E-state index in [1.54, 1.807) is 0 Å². The molecule has 4 heterocycles. The third-order valence-corrected chi connectivity index (χ3v) is 20.0. The van der Waals surface area contributed by atoms with Crippen molar-refractivity contribution in [2.75, 3.05) is 9.80 Å². The van der Waals surface area contributed by atoms with Gasteiger partial charge in [0.25, 0.3) is 6.71 Å². The van der Waals surface area contributed by atoms with Crippen LogP contribution in [0.3, 0.4) is 0 Å². The van der Waals surface area contributed by atoms with Gasteiger partial charge in [0.05, 0.1) is 22.1 Å². The van der Waals surface area contributed by atoms with Gasteiger partial charge in [0.1, 0.15) is 0 Å². The molecule has 15 aromatic carbocycles. The van der Waals surface area contributed by atoms with Gasteiger partial charge in [0, 0.05) is 67.0 Å². The van der Waals surface area contributed by atoms with Crippen LogP contribution in [0.2, 0.25) is 0 Å². The minimum Gasteiger partial charge on any atom is -0.311 e. The van der Waals surface area contributed by atoms with E-state index in [9.17, 15) is 0 Å². The van der Waals surface area contributed by atoms with Gasteiger partial charge in [0.2, 0.25) is 0 Å². The van der Waals surface area contributed by atoms with E-state index in [-0.39, 0.29) is 12.1 Å². The Hall–Kier alpha value is -11.4. The minimum absolute atomic E-state index is 0.109. The smallest absolute Gasteiger partial charge is 0.252 e. The summed E-state index contributed by atoms with van der Waals surface area (Å²) in [4.78, 5) is 5.14. The van der Waals surface area contributed by atoms with Crippen molar-refractivity contribution in [1.29, 1.82) is 0 Å². The summed E-state index contributed by atoms with van der Waals surface area (Å²) >= 11 is 0. The number of fused-ring (bicyclic) bond motifs is 16. The Bertz CT molecular complexity index is 5550. The van der Waals surface area contributed by atoms with E-state index >= 15 is 0 Å². The number of para-hydroxylation sites is 2. The van der Waals surface area contributed by atoms with Crippen molar-refractivity contribution in [3.8, 4) is 33.6 Å². The number of benzene rings is 15. The number of aromatic nitrogens is 2. The monoisotopic (exact) mass is 1160 g/mol. The molecule has 0 atom stereocenters. The summed E-state index contributed by atoms with van der Waals surface area (Å²) in [5.74, 6) is 0. The molecule has 5 heteroatoms. The van der Waals surface area contributed by atoms with Gasteiger partial charge in [-0.3, -0.25) is 0 Å². The molecule has 17 aromatic rings. The number of rotatable bonds is 6. The second-order valence-electron chi connectivity index (χ2n) is 26.0. The molecule has 2 aliphatic heterocycles. The first kappa shape index (κ1) is 51.6. The fourth-order valence-electron chi connectivity index (χ4n) is 15.8. The molecule has 2 aromatic heterocycles. The van der Waals surface area contributed by atoms with Crippen LogP contribution in [-0.4, -0.2) is 15.8 Å². The van der Waals surface area contributed by atoms with Crippen molar-refractivity contribution in [2.45, 2.75) is 26.2 Å². The Balaban J connectivity index is 0.865. The van der Waals surface area contributed by atoms with Crippen molar-refractivity contribution < 1.29 is 0 Å². The van der Waals surface area contributed by atoms with Gasteiger partial charge in [-0.25, -0.2) is 0 Å². The summed E-state index contributed by atoms with van der Waals surface area (Å²) in [6, 6.07) is 114. The van der Waals surface area contributed by atoms with Crippen LogP contribution in [0.5, 0.6) is 0 Å². The second kappa shape index (κ2) is 19.6. The Morgan fingerprint density at radius 3 is 1.10 bits per heavy atom. The first-order valence-electron chi connectivity index (χ1n) is 31.8. The van der Waals surface area contributed by atoms with Gasteiger partial charge >= 0.3 is 0 Å². The zero-order valence-corrected chi connectivity index (χ0v) is 50.7. The lowest BCUT2D eigenvalue weighted by Gasteiger charge is -2.45. The third kappa shape index (κ3) is 7.71. The SMILES string of the molecule is CC(C)(C)c1cc2c3c(c1)N(c1ccccc1)c1cc(-n4c5ccc(-c6cccc7ccccc67)cc5c5c6ccccc6ccc54)ccc1B3c1ccc(-n3c4ccc(-c5cccc6ccccc56)cc4c4c5ccccc5ccc43)cc1N2c1ccccc1. The van der Waals surface area contributed by atoms with E-state index in [1.807, 2.05) is 0 Å². The molecule has 0 spiro atoms. The van der Waals surface area contributed by atoms with E-state index in [1.165, 1.54) is 154 Å². The van der Waals surface area contributed by atoms with E-state index in [4.69, 9.17) is 0 Å². The molecular weight excluding hydrogens is 1100 g/mol. The first-order valence-corrected chi connectivity index (χ1v) is 31.8. The van der Waals surface area contributed by atoms with Crippen LogP contribution in [0.4, 0.5) is 34.1 Å². The molecule has 0 unspecified atom stereocenters. The number of nitrogens with zero attached hydrogens (tertiary/aromatic N) is 4. The Morgan fingerprint density at radius 1 is 0.275 bits per heavy atom. The van der Waals surface area contributed by atoms with Crippen LogP contribution < -0.4 is 26.2 Å². The van der Waals surface area contributed by atoms with Crippen LogP contribution in [-0.2, 0) is 5.41 Å². The van der Waals surface area contributed by atoms with E-state index < -0.39 is 0 Å². The molecular formula is C86H59BN4. The summed E-state index contributed by atoms with van der Waals surface area (Å²) in [7, 11) is 0. The van der Waals surface area contributed by atoms with Crippen molar-refractivity contribution in [3.05, 3.63) is 309 Å². The number of hydrogen-bond acceptors (Lipinski definition) is 2. The molecule has 0 amide bonds. The molecule has 0 saturated heterocycles. The Kier molecular flexibility index (Phi) is 11.1. The summed E-state index contributed by atoms with van der Waals surface area (Å²) in [5.41, 5.74) is 23.7. The maximum Gasteiger partial charge on any atom is 0.252 e. The zero-order chi connectivity index (χ0) is 60.2. The van der Waals surface area contributed by atoms with Gasteiger partial charge in [-0.1, -0.05) is 227 Å². The highest BCUT2D eigenvalue weighted by atomic mass is 15.2. The minimum atomic E-state index is -0.191. The fraction of sp³-hybridized carbons (Fsp3) is 0.0465. The lowest BCUT2D eigenvalue weighted by Crippen LogP contribution is -2.61. The highest BCUT2D eigenvalue weighted by Gasteiger charge is 2.44. The summed E-state index contributed by atoms with van der Waals surface area (Å²) in [6.07, 6.45) is 0.